The number of aryl methyl sites for hydroxylation is 1. The molecule has 0 atom stereocenters. The Morgan fingerprint density at radius 1 is 1.06 bits per heavy atom. The highest BCUT2D eigenvalue weighted by molar-refractivity contribution is 5.78. The number of H-pyrrole nitrogens is 1. The summed E-state index contributed by atoms with van der Waals surface area (Å²) in [6, 6.07) is 8.49. The second-order valence-corrected chi connectivity index (χ2v) is 9.96. The largest absolute Gasteiger partial charge is 0.491 e. The highest BCUT2D eigenvalue weighted by atomic mass is 16.5. The number of rotatable bonds is 2. The molecule has 1 N–H and O–H groups in total. The quantitative estimate of drug-likeness (QED) is 0.455. The van der Waals surface area contributed by atoms with E-state index in [1.54, 1.807) is 6.33 Å². The molecule has 1 aliphatic carbocycles. The highest BCUT2D eigenvalue weighted by Crippen LogP contribution is 2.40. The number of fused-ring (bicyclic) bond motifs is 3. The van der Waals surface area contributed by atoms with E-state index in [0.717, 1.165) is 70.5 Å². The van der Waals surface area contributed by atoms with E-state index in [1.165, 1.54) is 11.1 Å². The molecule has 7 heteroatoms. The van der Waals surface area contributed by atoms with Crippen LogP contribution in [0.3, 0.4) is 0 Å². The number of hydrogen-bond acceptors (Lipinski definition) is 6. The smallest absolute Gasteiger partial charge is 0.177 e. The average Bonchev–Trinajstić information content (AvgIpc) is 3.05. The molecule has 7 nitrogen and oxygen atoms in total. The van der Waals surface area contributed by atoms with Crippen LogP contribution in [0.1, 0.15) is 43.4 Å². The fourth-order valence-corrected chi connectivity index (χ4v) is 4.90. The van der Waals surface area contributed by atoms with Gasteiger partial charge < -0.3 is 14.6 Å². The lowest BCUT2D eigenvalue weighted by molar-refractivity contribution is 0.331. The Labute approximate surface area is 199 Å². The lowest BCUT2D eigenvalue weighted by atomic mass is 9.75. The van der Waals surface area contributed by atoms with Gasteiger partial charge in [0.1, 0.15) is 30.3 Å². The maximum absolute atomic E-state index is 6.14. The Morgan fingerprint density at radius 3 is 2.82 bits per heavy atom. The first-order valence-corrected chi connectivity index (χ1v) is 11.7. The van der Waals surface area contributed by atoms with E-state index in [-0.39, 0.29) is 5.41 Å². The normalized spacial score (nSPS) is 16.9. The Balaban J connectivity index is 1.37. The first-order chi connectivity index (χ1) is 16.4. The molecule has 0 amide bonds. The fourth-order valence-electron chi connectivity index (χ4n) is 4.90. The molecule has 0 saturated heterocycles. The number of pyridine rings is 1. The van der Waals surface area contributed by atoms with Gasteiger partial charge in [-0.05, 0) is 55.5 Å². The molecule has 6 rings (SSSR count). The number of anilines is 1. The summed E-state index contributed by atoms with van der Waals surface area (Å²) in [7, 11) is 0. The van der Waals surface area contributed by atoms with Crippen LogP contribution in [0, 0.1) is 12.3 Å². The van der Waals surface area contributed by atoms with Gasteiger partial charge in [0, 0.05) is 29.4 Å². The number of nitrogens with one attached hydrogen (secondary N) is 1. The Morgan fingerprint density at radius 2 is 1.94 bits per heavy atom. The maximum atomic E-state index is 6.14. The summed E-state index contributed by atoms with van der Waals surface area (Å²) in [4.78, 5) is 23.9. The summed E-state index contributed by atoms with van der Waals surface area (Å²) in [5.41, 5.74) is 8.70. The lowest BCUT2D eigenvalue weighted by Crippen LogP contribution is -2.30. The zero-order valence-electron chi connectivity index (χ0n) is 20.0. The molecule has 3 aromatic heterocycles. The van der Waals surface area contributed by atoms with Gasteiger partial charge in [-0.3, -0.25) is 0 Å². The van der Waals surface area contributed by atoms with Gasteiger partial charge in [-0.1, -0.05) is 25.5 Å². The number of aromatic amines is 1. The van der Waals surface area contributed by atoms with Crippen molar-refractivity contribution in [2.45, 2.75) is 40.7 Å². The van der Waals surface area contributed by atoms with Gasteiger partial charge in [0.15, 0.2) is 5.65 Å². The Hall–Kier alpha value is -3.74. The summed E-state index contributed by atoms with van der Waals surface area (Å²) >= 11 is 0. The van der Waals surface area contributed by atoms with Crippen LogP contribution in [0.5, 0.6) is 5.75 Å². The van der Waals surface area contributed by atoms with E-state index in [0.29, 0.717) is 6.61 Å². The first-order valence-electron chi connectivity index (χ1n) is 11.7. The molecule has 4 heterocycles. The molecule has 2 aliphatic rings. The van der Waals surface area contributed by atoms with E-state index in [1.807, 2.05) is 13.1 Å². The molecular weight excluding hydrogens is 424 g/mol. The minimum Gasteiger partial charge on any atom is -0.491 e. The van der Waals surface area contributed by atoms with Gasteiger partial charge in [0.05, 0.1) is 17.8 Å². The minimum absolute atomic E-state index is 0.0938. The summed E-state index contributed by atoms with van der Waals surface area (Å²) in [6.07, 6.45) is 6.72. The van der Waals surface area contributed by atoms with Crippen molar-refractivity contribution in [3.05, 3.63) is 65.0 Å². The van der Waals surface area contributed by atoms with Crippen LogP contribution in [0.15, 0.2) is 42.4 Å². The van der Waals surface area contributed by atoms with Crippen LogP contribution in [-0.2, 0) is 13.0 Å². The van der Waals surface area contributed by atoms with Gasteiger partial charge in [0.2, 0.25) is 0 Å². The fraction of sp³-hybridized carbons (Fsp3) is 0.333. The van der Waals surface area contributed by atoms with E-state index >= 15 is 0 Å². The summed E-state index contributed by atoms with van der Waals surface area (Å²) in [5, 5.41) is 0. The number of imidazole rings is 1. The monoisotopic (exact) mass is 452 g/mol. The average molecular weight is 453 g/mol. The number of nitrogens with zero attached hydrogens (tertiary/aromatic N) is 5. The van der Waals surface area contributed by atoms with Crippen molar-refractivity contribution in [2.75, 3.05) is 18.1 Å². The second kappa shape index (κ2) is 7.65. The molecule has 34 heavy (non-hydrogen) atoms. The molecule has 1 aliphatic heterocycles. The maximum Gasteiger partial charge on any atom is 0.177 e. The molecule has 0 saturated carbocycles. The van der Waals surface area contributed by atoms with Gasteiger partial charge in [-0.25, -0.2) is 19.9 Å². The van der Waals surface area contributed by atoms with Crippen molar-refractivity contribution in [1.82, 2.24) is 24.9 Å². The number of hydrogen-bond donors (Lipinski definition) is 1. The SMILES string of the molecule is CC1=Cc2ncnc(N3CCOc4ccc(-c5cnc6nc(C)[nH]c6c5)cc4C3)c2CC1(C)C. The van der Waals surface area contributed by atoms with Crippen molar-refractivity contribution in [3.8, 4) is 16.9 Å². The van der Waals surface area contributed by atoms with Gasteiger partial charge in [-0.2, -0.15) is 0 Å². The van der Waals surface area contributed by atoms with Crippen molar-refractivity contribution in [2.24, 2.45) is 5.41 Å². The zero-order chi connectivity index (χ0) is 23.4. The predicted octanol–water partition coefficient (Wildman–Crippen LogP) is 5.11. The summed E-state index contributed by atoms with van der Waals surface area (Å²) in [5.74, 6) is 2.81. The molecular formula is C27H28N6O. The number of benzene rings is 1. The second-order valence-electron chi connectivity index (χ2n) is 9.96. The Kier molecular flexibility index (Phi) is 4.69. The number of aromatic nitrogens is 5. The predicted molar refractivity (Wildman–Crippen MR) is 134 cm³/mol. The van der Waals surface area contributed by atoms with Crippen LogP contribution in [0.25, 0.3) is 28.4 Å². The zero-order valence-corrected chi connectivity index (χ0v) is 20.0. The van der Waals surface area contributed by atoms with Gasteiger partial charge in [0.25, 0.3) is 0 Å². The number of ether oxygens (including phenoxy) is 1. The van der Waals surface area contributed by atoms with E-state index < -0.39 is 0 Å². The highest BCUT2D eigenvalue weighted by Gasteiger charge is 2.31. The van der Waals surface area contributed by atoms with Crippen LogP contribution in [-0.4, -0.2) is 38.1 Å². The van der Waals surface area contributed by atoms with Crippen LogP contribution in [0.4, 0.5) is 5.82 Å². The van der Waals surface area contributed by atoms with Crippen molar-refractivity contribution >= 4 is 23.1 Å². The van der Waals surface area contributed by atoms with Crippen LogP contribution >= 0.6 is 0 Å². The van der Waals surface area contributed by atoms with Gasteiger partial charge >= 0.3 is 0 Å². The molecule has 0 spiro atoms. The molecule has 0 bridgehead atoms. The van der Waals surface area contributed by atoms with Crippen LogP contribution < -0.4 is 9.64 Å². The third kappa shape index (κ3) is 3.52. The van der Waals surface area contributed by atoms with E-state index in [4.69, 9.17) is 9.72 Å². The minimum atomic E-state index is 0.0938. The first kappa shape index (κ1) is 20.8. The third-order valence-electron chi connectivity index (χ3n) is 7.12. The van der Waals surface area contributed by atoms with Crippen molar-refractivity contribution in [1.29, 1.82) is 0 Å². The molecule has 172 valence electrons. The number of allylic oxidation sites excluding steroid dienone is 1. The van der Waals surface area contributed by atoms with Gasteiger partial charge in [-0.15, -0.1) is 0 Å². The van der Waals surface area contributed by atoms with Crippen molar-refractivity contribution in [3.63, 3.8) is 0 Å². The standard InChI is InChI=1S/C27H28N6O/c1-16-9-22-21(12-27(16,3)4)26(30-15-29-22)33-7-8-34-24-6-5-18(10-20(24)14-33)19-11-23-25(28-13-19)32-17(2)31-23/h5-6,9-11,13,15H,7-8,12,14H2,1-4H3,(H,28,31,32). The molecule has 1 aromatic carbocycles. The van der Waals surface area contributed by atoms with E-state index in [2.05, 4.69) is 75.9 Å². The van der Waals surface area contributed by atoms with Crippen LogP contribution in [0.2, 0.25) is 0 Å². The molecule has 0 fully saturated rings. The summed E-state index contributed by atoms with van der Waals surface area (Å²) in [6.45, 7) is 10.8. The lowest BCUT2D eigenvalue weighted by Gasteiger charge is -2.33. The molecule has 4 aromatic rings. The van der Waals surface area contributed by atoms with Crippen molar-refractivity contribution < 1.29 is 4.74 Å². The molecule has 0 radical (unpaired) electrons. The Bertz CT molecular complexity index is 1450. The third-order valence-corrected chi connectivity index (χ3v) is 7.12. The van der Waals surface area contributed by atoms with E-state index in [9.17, 15) is 0 Å². The molecule has 0 unspecified atom stereocenters. The topological polar surface area (TPSA) is 79.8 Å². The summed E-state index contributed by atoms with van der Waals surface area (Å²) < 4.78 is 6.14.